The van der Waals surface area contributed by atoms with Gasteiger partial charge in [-0.3, -0.25) is 9.59 Å². The minimum atomic E-state index is 0.0827. The van der Waals surface area contributed by atoms with Gasteiger partial charge in [0.05, 0.1) is 12.1 Å². The Balaban J connectivity index is 1.53. The number of hydrogen-bond donors (Lipinski definition) is 1. The largest absolute Gasteiger partial charge is 0.342 e. The Hall–Kier alpha value is -1.43. The van der Waals surface area contributed by atoms with Gasteiger partial charge in [-0.05, 0) is 25.7 Å². The maximum atomic E-state index is 12.1. The number of aromatic nitrogens is 1. The van der Waals surface area contributed by atoms with Crippen molar-refractivity contribution in [1.29, 1.82) is 0 Å². The van der Waals surface area contributed by atoms with Gasteiger partial charge in [-0.1, -0.05) is 12.8 Å². The normalized spacial score (nSPS) is 19.1. The summed E-state index contributed by atoms with van der Waals surface area (Å²) in [6.45, 7) is 1.74. The summed E-state index contributed by atoms with van der Waals surface area (Å²) in [6, 6.07) is 0. The van der Waals surface area contributed by atoms with Crippen molar-refractivity contribution in [1.82, 2.24) is 9.88 Å². The summed E-state index contributed by atoms with van der Waals surface area (Å²) in [6.07, 6.45) is 6.80. The number of nitrogens with one attached hydrogen (secondary N) is 1. The first-order valence-electron chi connectivity index (χ1n) is 7.75. The number of hydrogen-bond acceptors (Lipinski definition) is 4. The van der Waals surface area contributed by atoms with Crippen LogP contribution in [-0.2, 0) is 16.0 Å². The summed E-state index contributed by atoms with van der Waals surface area (Å²) in [5, 5.41) is 5.39. The number of carbonyl (C=O) groups excluding carboxylic acids is 2. The van der Waals surface area contributed by atoms with Crippen LogP contribution in [0.3, 0.4) is 0 Å². The number of amides is 2. The lowest BCUT2D eigenvalue weighted by Crippen LogP contribution is -2.29. The fourth-order valence-electron chi connectivity index (χ4n) is 3.07. The highest BCUT2D eigenvalue weighted by Gasteiger charge is 2.24. The number of thiazole rings is 1. The molecule has 0 bridgehead atoms. The summed E-state index contributed by atoms with van der Waals surface area (Å²) in [7, 11) is 0. The summed E-state index contributed by atoms with van der Waals surface area (Å²) in [5.41, 5.74) is 0.763. The highest BCUT2D eigenvalue weighted by atomic mass is 32.1. The molecule has 1 N–H and O–H groups in total. The van der Waals surface area contributed by atoms with Crippen molar-refractivity contribution in [2.75, 3.05) is 18.4 Å². The molecule has 6 heteroatoms. The molecular formula is C15H21N3O2S. The van der Waals surface area contributed by atoms with E-state index in [2.05, 4.69) is 10.3 Å². The predicted octanol–water partition coefficient (Wildman–Crippen LogP) is 2.44. The zero-order valence-electron chi connectivity index (χ0n) is 12.1. The Morgan fingerprint density at radius 1 is 1.24 bits per heavy atom. The van der Waals surface area contributed by atoms with Crippen molar-refractivity contribution in [3.05, 3.63) is 11.1 Å². The Labute approximate surface area is 128 Å². The second-order valence-electron chi connectivity index (χ2n) is 5.88. The van der Waals surface area contributed by atoms with Crippen LogP contribution in [0.15, 0.2) is 5.38 Å². The topological polar surface area (TPSA) is 62.3 Å². The van der Waals surface area contributed by atoms with Gasteiger partial charge in [0.15, 0.2) is 5.13 Å². The van der Waals surface area contributed by atoms with Gasteiger partial charge in [0.25, 0.3) is 0 Å². The van der Waals surface area contributed by atoms with E-state index in [-0.39, 0.29) is 17.7 Å². The predicted molar refractivity (Wildman–Crippen MR) is 82.2 cm³/mol. The van der Waals surface area contributed by atoms with Crippen LogP contribution >= 0.6 is 11.3 Å². The van der Waals surface area contributed by atoms with Gasteiger partial charge in [0.2, 0.25) is 11.8 Å². The first-order valence-corrected chi connectivity index (χ1v) is 8.63. The first-order chi connectivity index (χ1) is 10.2. The quantitative estimate of drug-likeness (QED) is 0.929. The van der Waals surface area contributed by atoms with Crippen LogP contribution in [0.2, 0.25) is 0 Å². The molecular weight excluding hydrogens is 286 g/mol. The van der Waals surface area contributed by atoms with E-state index in [1.165, 1.54) is 11.3 Å². The SMILES string of the molecule is O=C(Nc1nc(CC(=O)N2CCCC2)cs1)C1CCCC1. The monoisotopic (exact) mass is 307 g/mol. The van der Waals surface area contributed by atoms with Crippen LogP contribution < -0.4 is 5.32 Å². The summed E-state index contributed by atoms with van der Waals surface area (Å²) in [5.74, 6) is 0.370. The Bertz CT molecular complexity index is 472. The minimum absolute atomic E-state index is 0.0827. The van der Waals surface area contributed by atoms with Crippen molar-refractivity contribution in [3.8, 4) is 0 Å². The van der Waals surface area contributed by atoms with Crippen LogP contribution in [0.1, 0.15) is 44.2 Å². The number of rotatable bonds is 4. The maximum Gasteiger partial charge on any atom is 0.229 e. The van der Waals surface area contributed by atoms with Crippen LogP contribution in [0.25, 0.3) is 0 Å². The lowest BCUT2D eigenvalue weighted by Gasteiger charge is -2.13. The molecule has 0 atom stereocenters. The van der Waals surface area contributed by atoms with E-state index in [9.17, 15) is 9.59 Å². The molecule has 0 unspecified atom stereocenters. The van der Waals surface area contributed by atoms with E-state index in [4.69, 9.17) is 0 Å². The second-order valence-corrected chi connectivity index (χ2v) is 6.74. The lowest BCUT2D eigenvalue weighted by atomic mass is 10.1. The van der Waals surface area contributed by atoms with Crippen molar-refractivity contribution < 1.29 is 9.59 Å². The zero-order chi connectivity index (χ0) is 14.7. The number of carbonyl (C=O) groups is 2. The molecule has 2 fully saturated rings. The molecule has 2 amide bonds. The van der Waals surface area contributed by atoms with Gasteiger partial charge in [0, 0.05) is 24.4 Å². The molecule has 2 heterocycles. The van der Waals surface area contributed by atoms with Gasteiger partial charge in [0.1, 0.15) is 0 Å². The maximum absolute atomic E-state index is 12.1. The van der Waals surface area contributed by atoms with Gasteiger partial charge in [-0.25, -0.2) is 4.98 Å². The third-order valence-corrected chi connectivity index (χ3v) is 5.11. The fraction of sp³-hybridized carbons (Fsp3) is 0.667. The average molecular weight is 307 g/mol. The Morgan fingerprint density at radius 2 is 1.95 bits per heavy atom. The number of anilines is 1. The highest BCUT2D eigenvalue weighted by molar-refractivity contribution is 7.13. The third-order valence-electron chi connectivity index (χ3n) is 4.30. The molecule has 1 aliphatic carbocycles. The molecule has 2 aliphatic rings. The molecule has 1 saturated heterocycles. The molecule has 1 aromatic heterocycles. The smallest absolute Gasteiger partial charge is 0.229 e. The van der Waals surface area contributed by atoms with Gasteiger partial charge < -0.3 is 10.2 Å². The van der Waals surface area contributed by atoms with Crippen LogP contribution in [0, 0.1) is 5.92 Å². The van der Waals surface area contributed by atoms with Gasteiger partial charge in [-0.2, -0.15) is 0 Å². The van der Waals surface area contributed by atoms with Crippen LogP contribution in [0.4, 0.5) is 5.13 Å². The molecule has 3 rings (SSSR count). The van der Waals surface area contributed by atoms with Crippen molar-refractivity contribution in [2.24, 2.45) is 5.92 Å². The van der Waals surface area contributed by atoms with E-state index >= 15 is 0 Å². The van der Waals surface area contributed by atoms with E-state index in [1.54, 1.807) is 0 Å². The molecule has 1 saturated carbocycles. The second kappa shape index (κ2) is 6.56. The van der Waals surface area contributed by atoms with Crippen LogP contribution in [-0.4, -0.2) is 34.8 Å². The van der Waals surface area contributed by atoms with Gasteiger partial charge >= 0.3 is 0 Å². The van der Waals surface area contributed by atoms with E-state index < -0.39 is 0 Å². The highest BCUT2D eigenvalue weighted by Crippen LogP contribution is 2.26. The minimum Gasteiger partial charge on any atom is -0.342 e. The fourth-order valence-corrected chi connectivity index (χ4v) is 3.79. The van der Waals surface area contributed by atoms with Gasteiger partial charge in [-0.15, -0.1) is 11.3 Å². The van der Waals surface area contributed by atoms with Crippen molar-refractivity contribution in [3.63, 3.8) is 0 Å². The zero-order valence-corrected chi connectivity index (χ0v) is 13.0. The molecule has 0 aromatic carbocycles. The molecule has 1 aromatic rings. The summed E-state index contributed by atoms with van der Waals surface area (Å²) >= 11 is 1.41. The molecule has 21 heavy (non-hydrogen) atoms. The van der Waals surface area contributed by atoms with Crippen molar-refractivity contribution in [2.45, 2.75) is 44.9 Å². The molecule has 0 radical (unpaired) electrons. The number of nitrogens with zero attached hydrogens (tertiary/aromatic N) is 2. The van der Waals surface area contributed by atoms with E-state index in [1.807, 2.05) is 10.3 Å². The van der Waals surface area contributed by atoms with Crippen LogP contribution in [0.5, 0.6) is 0 Å². The number of likely N-dealkylation sites (tertiary alicyclic amines) is 1. The first kappa shape index (κ1) is 14.5. The standard InChI is InChI=1S/C15H21N3O2S/c19-13(18-7-3-4-8-18)9-12-10-21-15(16-12)17-14(20)11-5-1-2-6-11/h10-11H,1-9H2,(H,16,17,20). The molecule has 114 valence electrons. The average Bonchev–Trinajstić information content (AvgIpc) is 3.22. The Kier molecular flexibility index (Phi) is 4.53. The lowest BCUT2D eigenvalue weighted by molar-refractivity contribution is -0.129. The summed E-state index contributed by atoms with van der Waals surface area (Å²) < 4.78 is 0. The van der Waals surface area contributed by atoms with E-state index in [0.717, 1.165) is 57.3 Å². The molecule has 5 nitrogen and oxygen atoms in total. The summed E-state index contributed by atoms with van der Waals surface area (Å²) in [4.78, 5) is 30.4. The van der Waals surface area contributed by atoms with Crippen molar-refractivity contribution >= 4 is 28.3 Å². The Morgan fingerprint density at radius 3 is 2.67 bits per heavy atom. The van der Waals surface area contributed by atoms with E-state index in [0.29, 0.717) is 11.6 Å². The molecule has 0 spiro atoms. The molecule has 1 aliphatic heterocycles. The third kappa shape index (κ3) is 3.61.